The zero-order chi connectivity index (χ0) is 19.9. The third kappa shape index (κ3) is 4.50. The summed E-state index contributed by atoms with van der Waals surface area (Å²) in [4.78, 5) is 16.7. The number of pyridine rings is 1. The number of nitrogens with zero attached hydrogens (tertiary/aromatic N) is 1. The fraction of sp³-hybridized carbons (Fsp3) is 0.143. The first kappa shape index (κ1) is 19.0. The Balaban J connectivity index is 1.75. The SMILES string of the molecule is COc1cccc(NC(=O)c2cncc(Nc3ccc(OC)c(OC)c3)c2)c1. The number of carbonyl (C=O) groups excluding carboxylic acids is 1. The van der Waals surface area contributed by atoms with Crippen LogP contribution in [0.15, 0.2) is 60.9 Å². The number of anilines is 3. The van der Waals surface area contributed by atoms with E-state index >= 15 is 0 Å². The molecule has 28 heavy (non-hydrogen) atoms. The average Bonchev–Trinajstić information content (AvgIpc) is 2.74. The lowest BCUT2D eigenvalue weighted by molar-refractivity contribution is 0.102. The summed E-state index contributed by atoms with van der Waals surface area (Å²) < 4.78 is 15.7. The number of methoxy groups -OCH3 is 3. The van der Waals surface area contributed by atoms with Crippen LogP contribution in [0.1, 0.15) is 10.4 Å². The van der Waals surface area contributed by atoms with Crippen LogP contribution in [-0.4, -0.2) is 32.2 Å². The van der Waals surface area contributed by atoms with E-state index in [4.69, 9.17) is 14.2 Å². The molecular weight excluding hydrogens is 358 g/mol. The van der Waals surface area contributed by atoms with E-state index in [9.17, 15) is 4.79 Å². The summed E-state index contributed by atoms with van der Waals surface area (Å²) in [6, 6.07) is 14.3. The number of hydrogen-bond donors (Lipinski definition) is 2. The molecule has 3 aromatic rings. The largest absolute Gasteiger partial charge is 0.497 e. The summed E-state index contributed by atoms with van der Waals surface area (Å²) in [5, 5.41) is 6.04. The van der Waals surface area contributed by atoms with Crippen LogP contribution >= 0.6 is 0 Å². The summed E-state index contributed by atoms with van der Waals surface area (Å²) in [6.07, 6.45) is 3.15. The Morgan fingerprint density at radius 1 is 0.821 bits per heavy atom. The Kier molecular flexibility index (Phi) is 5.96. The van der Waals surface area contributed by atoms with Crippen molar-refractivity contribution in [1.29, 1.82) is 0 Å². The quantitative estimate of drug-likeness (QED) is 0.643. The van der Waals surface area contributed by atoms with Gasteiger partial charge >= 0.3 is 0 Å². The number of nitrogens with one attached hydrogen (secondary N) is 2. The van der Waals surface area contributed by atoms with Crippen molar-refractivity contribution in [1.82, 2.24) is 4.98 Å². The van der Waals surface area contributed by atoms with Gasteiger partial charge in [0.2, 0.25) is 0 Å². The van der Waals surface area contributed by atoms with Gasteiger partial charge in [-0.3, -0.25) is 9.78 Å². The number of ether oxygens (including phenoxy) is 3. The number of aromatic nitrogens is 1. The van der Waals surface area contributed by atoms with Crippen LogP contribution < -0.4 is 24.8 Å². The fourth-order valence-electron chi connectivity index (χ4n) is 2.62. The second-order valence-electron chi connectivity index (χ2n) is 5.84. The molecule has 0 aliphatic rings. The molecule has 0 aliphatic heterocycles. The molecule has 1 heterocycles. The van der Waals surface area contributed by atoms with E-state index < -0.39 is 0 Å². The number of amides is 1. The Morgan fingerprint density at radius 2 is 1.64 bits per heavy atom. The van der Waals surface area contributed by atoms with Crippen molar-refractivity contribution in [2.75, 3.05) is 32.0 Å². The Bertz CT molecular complexity index is 975. The van der Waals surface area contributed by atoms with Crippen molar-refractivity contribution in [3.05, 3.63) is 66.5 Å². The van der Waals surface area contributed by atoms with Crippen LogP contribution in [0, 0.1) is 0 Å². The minimum atomic E-state index is -0.267. The lowest BCUT2D eigenvalue weighted by atomic mass is 10.2. The van der Waals surface area contributed by atoms with Crippen molar-refractivity contribution >= 4 is 23.0 Å². The average molecular weight is 379 g/mol. The molecule has 1 aromatic heterocycles. The smallest absolute Gasteiger partial charge is 0.257 e. The van der Waals surface area contributed by atoms with Gasteiger partial charge in [0.1, 0.15) is 5.75 Å². The van der Waals surface area contributed by atoms with Gasteiger partial charge in [0.05, 0.1) is 38.8 Å². The zero-order valence-corrected chi connectivity index (χ0v) is 15.9. The van der Waals surface area contributed by atoms with Crippen LogP contribution in [0.3, 0.4) is 0 Å². The minimum Gasteiger partial charge on any atom is -0.497 e. The zero-order valence-electron chi connectivity index (χ0n) is 15.9. The van der Waals surface area contributed by atoms with Gasteiger partial charge in [0.15, 0.2) is 11.5 Å². The first-order valence-electron chi connectivity index (χ1n) is 8.52. The third-order valence-electron chi connectivity index (χ3n) is 4.00. The molecule has 2 aromatic carbocycles. The van der Waals surface area contributed by atoms with Gasteiger partial charge in [-0.25, -0.2) is 0 Å². The van der Waals surface area contributed by atoms with E-state index in [1.54, 1.807) is 51.8 Å². The van der Waals surface area contributed by atoms with Crippen molar-refractivity contribution in [3.8, 4) is 17.2 Å². The summed E-state index contributed by atoms with van der Waals surface area (Å²) in [5.41, 5.74) is 2.52. The van der Waals surface area contributed by atoms with Gasteiger partial charge in [0.25, 0.3) is 5.91 Å². The molecule has 0 aliphatic carbocycles. The van der Waals surface area contributed by atoms with E-state index in [0.717, 1.165) is 5.69 Å². The minimum absolute atomic E-state index is 0.267. The maximum atomic E-state index is 12.5. The molecule has 0 spiro atoms. The van der Waals surface area contributed by atoms with Gasteiger partial charge in [0, 0.05) is 29.7 Å². The van der Waals surface area contributed by atoms with E-state index in [-0.39, 0.29) is 5.91 Å². The first-order chi connectivity index (χ1) is 13.6. The molecule has 7 nitrogen and oxygen atoms in total. The number of benzene rings is 2. The lowest BCUT2D eigenvalue weighted by Gasteiger charge is -2.12. The van der Waals surface area contributed by atoms with Crippen LogP contribution in [0.5, 0.6) is 17.2 Å². The Hall–Kier alpha value is -3.74. The highest BCUT2D eigenvalue weighted by Gasteiger charge is 2.10. The highest BCUT2D eigenvalue weighted by molar-refractivity contribution is 6.04. The van der Waals surface area contributed by atoms with Crippen LogP contribution in [0.4, 0.5) is 17.1 Å². The molecule has 3 rings (SSSR count). The van der Waals surface area contributed by atoms with Crippen LogP contribution in [-0.2, 0) is 0 Å². The van der Waals surface area contributed by atoms with Gasteiger partial charge in [-0.05, 0) is 30.3 Å². The molecule has 2 N–H and O–H groups in total. The summed E-state index contributed by atoms with van der Waals surface area (Å²) in [6.45, 7) is 0. The Morgan fingerprint density at radius 3 is 2.39 bits per heavy atom. The maximum Gasteiger partial charge on any atom is 0.257 e. The molecular formula is C21H21N3O4. The lowest BCUT2D eigenvalue weighted by Crippen LogP contribution is -2.12. The van der Waals surface area contributed by atoms with Gasteiger partial charge < -0.3 is 24.8 Å². The molecule has 0 saturated heterocycles. The summed E-state index contributed by atoms with van der Waals surface area (Å²) >= 11 is 0. The highest BCUT2D eigenvalue weighted by atomic mass is 16.5. The van der Waals surface area contributed by atoms with Gasteiger partial charge in [-0.1, -0.05) is 6.07 Å². The van der Waals surface area contributed by atoms with Crippen LogP contribution in [0.2, 0.25) is 0 Å². The van der Waals surface area contributed by atoms with E-state index in [2.05, 4.69) is 15.6 Å². The van der Waals surface area contributed by atoms with Gasteiger partial charge in [-0.2, -0.15) is 0 Å². The summed E-state index contributed by atoms with van der Waals surface area (Å²) in [7, 11) is 4.74. The predicted octanol–water partition coefficient (Wildman–Crippen LogP) is 4.10. The number of carbonyl (C=O) groups is 1. The van der Waals surface area contributed by atoms with E-state index in [1.807, 2.05) is 24.3 Å². The van der Waals surface area contributed by atoms with Crippen LogP contribution in [0.25, 0.3) is 0 Å². The van der Waals surface area contributed by atoms with Crippen molar-refractivity contribution in [2.24, 2.45) is 0 Å². The van der Waals surface area contributed by atoms with Gasteiger partial charge in [-0.15, -0.1) is 0 Å². The fourth-order valence-corrected chi connectivity index (χ4v) is 2.62. The first-order valence-corrected chi connectivity index (χ1v) is 8.52. The monoisotopic (exact) mass is 379 g/mol. The van der Waals surface area contributed by atoms with Crippen molar-refractivity contribution in [3.63, 3.8) is 0 Å². The van der Waals surface area contributed by atoms with E-state index in [0.29, 0.717) is 34.2 Å². The highest BCUT2D eigenvalue weighted by Crippen LogP contribution is 2.31. The number of rotatable bonds is 7. The van der Waals surface area contributed by atoms with E-state index in [1.165, 1.54) is 6.20 Å². The number of hydrogen-bond acceptors (Lipinski definition) is 6. The second-order valence-corrected chi connectivity index (χ2v) is 5.84. The third-order valence-corrected chi connectivity index (χ3v) is 4.00. The molecule has 0 radical (unpaired) electrons. The predicted molar refractivity (Wildman–Crippen MR) is 108 cm³/mol. The maximum absolute atomic E-state index is 12.5. The second kappa shape index (κ2) is 8.77. The molecule has 0 unspecified atom stereocenters. The topological polar surface area (TPSA) is 81.7 Å². The van der Waals surface area contributed by atoms with Crippen molar-refractivity contribution in [2.45, 2.75) is 0 Å². The molecule has 0 fully saturated rings. The van der Waals surface area contributed by atoms with Crippen molar-refractivity contribution < 1.29 is 19.0 Å². The molecule has 1 amide bonds. The molecule has 0 bridgehead atoms. The molecule has 0 saturated carbocycles. The molecule has 144 valence electrons. The Labute approximate surface area is 163 Å². The molecule has 7 heteroatoms. The summed E-state index contributed by atoms with van der Waals surface area (Å²) in [5.74, 6) is 1.64. The molecule has 0 atom stereocenters. The standard InChI is InChI=1S/C21H21N3O4/c1-26-18-6-4-5-15(10-18)24-21(25)14-9-17(13-22-12-14)23-16-7-8-19(27-2)20(11-16)28-3/h4-13,23H,1-3H3,(H,24,25). The normalized spacial score (nSPS) is 10.1.